The van der Waals surface area contributed by atoms with E-state index < -0.39 is 0 Å². The first-order valence-electron chi connectivity index (χ1n) is 15.0. The van der Waals surface area contributed by atoms with E-state index in [9.17, 15) is 10.1 Å². The maximum atomic E-state index is 11.5. The molecule has 196 valence electrons. The van der Waals surface area contributed by atoms with Crippen molar-refractivity contribution in [3.63, 3.8) is 0 Å². The molecule has 0 radical (unpaired) electrons. The molecule has 2 atom stereocenters. The van der Waals surface area contributed by atoms with E-state index in [2.05, 4.69) is 6.92 Å². The summed E-state index contributed by atoms with van der Waals surface area (Å²) in [6, 6.07) is -0.352. The van der Waals surface area contributed by atoms with Crippen LogP contribution in [0.1, 0.15) is 167 Å². The second-order valence-corrected chi connectivity index (χ2v) is 10.7. The molecule has 33 heavy (non-hydrogen) atoms. The lowest BCUT2D eigenvalue weighted by Crippen LogP contribution is -2.21. The Labute approximate surface area is 206 Å². The van der Waals surface area contributed by atoms with Gasteiger partial charge in [-0.05, 0) is 32.1 Å². The summed E-state index contributed by atoms with van der Waals surface area (Å²) in [6.07, 6.45) is 31.1. The van der Waals surface area contributed by atoms with Crippen molar-refractivity contribution in [1.29, 1.82) is 0 Å². The van der Waals surface area contributed by atoms with E-state index in [1.807, 2.05) is 0 Å². The van der Waals surface area contributed by atoms with E-state index in [0.29, 0.717) is 6.10 Å². The van der Waals surface area contributed by atoms with Crippen molar-refractivity contribution in [2.24, 2.45) is 0 Å². The molecule has 0 aromatic rings. The predicted octanol–water partition coefficient (Wildman–Crippen LogP) is 9.80. The highest BCUT2D eigenvalue weighted by Gasteiger charge is 2.20. The van der Waals surface area contributed by atoms with Gasteiger partial charge in [-0.3, -0.25) is 10.1 Å². The Bertz CT molecular complexity index is 409. The smallest absolute Gasteiger partial charge is 0.213 e. The van der Waals surface area contributed by atoms with Gasteiger partial charge in [0.15, 0.2) is 0 Å². The van der Waals surface area contributed by atoms with Crippen molar-refractivity contribution < 1.29 is 9.66 Å². The Hall–Kier alpha value is -0.640. The lowest BCUT2D eigenvalue weighted by molar-refractivity contribution is -0.524. The molecule has 0 bridgehead atoms. The predicted molar refractivity (Wildman–Crippen MR) is 142 cm³/mol. The summed E-state index contributed by atoms with van der Waals surface area (Å²) in [4.78, 5) is 11.5. The van der Waals surface area contributed by atoms with Crippen molar-refractivity contribution in [3.05, 3.63) is 10.1 Å². The molecule has 1 saturated heterocycles. The second-order valence-electron chi connectivity index (χ2n) is 10.7. The molecule has 0 N–H and O–H groups in total. The maximum Gasteiger partial charge on any atom is 0.213 e. The molecule has 4 heteroatoms. The van der Waals surface area contributed by atoms with E-state index in [-0.39, 0.29) is 11.0 Å². The molecule has 4 nitrogen and oxygen atoms in total. The fourth-order valence-corrected chi connectivity index (χ4v) is 5.25. The lowest BCUT2D eigenvalue weighted by Gasteiger charge is -2.19. The molecule has 1 fully saturated rings. The van der Waals surface area contributed by atoms with Crippen LogP contribution in [0.5, 0.6) is 0 Å². The maximum absolute atomic E-state index is 11.5. The summed E-state index contributed by atoms with van der Waals surface area (Å²) in [6.45, 7) is 3.08. The minimum absolute atomic E-state index is 0.0211. The number of hydrogen-bond acceptors (Lipinski definition) is 3. The Kier molecular flexibility index (Phi) is 21.3. The van der Waals surface area contributed by atoms with Gasteiger partial charge in [-0.1, -0.05) is 122 Å². The monoisotopic (exact) mass is 467 g/mol. The highest BCUT2D eigenvalue weighted by Crippen LogP contribution is 2.20. The zero-order chi connectivity index (χ0) is 23.8. The third kappa shape index (κ3) is 19.4. The van der Waals surface area contributed by atoms with Crippen molar-refractivity contribution in [2.45, 2.75) is 180 Å². The van der Waals surface area contributed by atoms with Crippen molar-refractivity contribution in [3.8, 4) is 0 Å². The summed E-state index contributed by atoms with van der Waals surface area (Å²) in [5.41, 5.74) is 0. The van der Waals surface area contributed by atoms with E-state index in [1.54, 1.807) is 0 Å². The Morgan fingerprint density at radius 1 is 0.697 bits per heavy atom. The van der Waals surface area contributed by atoms with E-state index in [4.69, 9.17) is 4.74 Å². The van der Waals surface area contributed by atoms with Crippen LogP contribution in [0, 0.1) is 10.1 Å². The molecular formula is C29H57NO3. The quantitative estimate of drug-likeness (QED) is 0.172. The van der Waals surface area contributed by atoms with E-state index in [0.717, 1.165) is 51.6 Å². The molecule has 0 aliphatic carbocycles. The molecule has 2 unspecified atom stereocenters. The van der Waals surface area contributed by atoms with Gasteiger partial charge in [0, 0.05) is 24.4 Å². The minimum Gasteiger partial charge on any atom is -0.378 e. The molecule has 0 aromatic heterocycles. The number of nitro groups is 1. The van der Waals surface area contributed by atoms with Crippen LogP contribution in [0.3, 0.4) is 0 Å². The minimum atomic E-state index is -0.352. The first-order chi connectivity index (χ1) is 16.2. The summed E-state index contributed by atoms with van der Waals surface area (Å²) < 4.78 is 6.31. The number of ether oxygens (including phenoxy) is 1. The van der Waals surface area contributed by atoms with Gasteiger partial charge in [0.05, 0.1) is 6.10 Å². The Morgan fingerprint density at radius 2 is 1.18 bits per heavy atom. The molecule has 1 rings (SSSR count). The van der Waals surface area contributed by atoms with Gasteiger partial charge in [0.2, 0.25) is 6.04 Å². The van der Waals surface area contributed by atoms with Gasteiger partial charge in [-0.25, -0.2) is 0 Å². The van der Waals surface area contributed by atoms with Crippen molar-refractivity contribution in [2.75, 3.05) is 6.61 Å². The standard InChI is InChI=1S/C29H57NO3/c1-2-3-4-16-19-23-28(30(31)32)24-22-26-29-25-20-17-14-12-10-8-6-5-7-9-11-13-15-18-21-27-33-29/h28-29H,2-27H2,1H3. The first-order valence-corrected chi connectivity index (χ1v) is 15.0. The van der Waals surface area contributed by atoms with E-state index >= 15 is 0 Å². The van der Waals surface area contributed by atoms with Crippen LogP contribution in [-0.2, 0) is 4.74 Å². The molecule has 1 aliphatic heterocycles. The molecule has 1 aliphatic rings. The van der Waals surface area contributed by atoms with Crippen LogP contribution in [-0.4, -0.2) is 23.7 Å². The SMILES string of the molecule is CCCCCCCC(CCCC1CCCCCCCCCCCCCCCCCO1)[N+](=O)[O-]. The molecule has 0 spiro atoms. The fraction of sp³-hybridized carbons (Fsp3) is 1.00. The number of hydrogen-bond donors (Lipinski definition) is 0. The lowest BCUT2D eigenvalue weighted by atomic mass is 9.99. The number of unbranched alkanes of at least 4 members (excludes halogenated alkanes) is 4. The van der Waals surface area contributed by atoms with Crippen LogP contribution in [0.2, 0.25) is 0 Å². The van der Waals surface area contributed by atoms with Crippen LogP contribution >= 0.6 is 0 Å². The molecule has 0 aromatic carbocycles. The van der Waals surface area contributed by atoms with Gasteiger partial charge < -0.3 is 4.74 Å². The Balaban J connectivity index is 2.34. The van der Waals surface area contributed by atoms with Gasteiger partial charge >= 0.3 is 0 Å². The van der Waals surface area contributed by atoms with Crippen LogP contribution < -0.4 is 0 Å². The normalized spacial score (nSPS) is 22.0. The summed E-state index contributed by atoms with van der Waals surface area (Å²) >= 11 is 0. The zero-order valence-electron chi connectivity index (χ0n) is 22.2. The summed E-state index contributed by atoms with van der Waals surface area (Å²) in [5, 5.41) is 11.5. The largest absolute Gasteiger partial charge is 0.378 e. The van der Waals surface area contributed by atoms with Gasteiger partial charge in [-0.15, -0.1) is 0 Å². The average Bonchev–Trinajstić information content (AvgIpc) is 2.80. The third-order valence-electron chi connectivity index (χ3n) is 7.53. The highest BCUT2D eigenvalue weighted by molar-refractivity contribution is 4.64. The van der Waals surface area contributed by atoms with Gasteiger partial charge in [0.1, 0.15) is 0 Å². The van der Waals surface area contributed by atoms with Crippen molar-refractivity contribution in [1.82, 2.24) is 0 Å². The zero-order valence-corrected chi connectivity index (χ0v) is 22.2. The van der Waals surface area contributed by atoms with Crippen LogP contribution in [0.25, 0.3) is 0 Å². The topological polar surface area (TPSA) is 52.4 Å². The molecule has 0 amide bonds. The van der Waals surface area contributed by atoms with Crippen molar-refractivity contribution >= 4 is 0 Å². The summed E-state index contributed by atoms with van der Waals surface area (Å²) in [7, 11) is 0. The fourth-order valence-electron chi connectivity index (χ4n) is 5.25. The average molecular weight is 468 g/mol. The third-order valence-corrected chi connectivity index (χ3v) is 7.53. The molecular weight excluding hydrogens is 410 g/mol. The number of nitrogens with zero attached hydrogens (tertiary/aromatic N) is 1. The second kappa shape index (κ2) is 23.1. The summed E-state index contributed by atoms with van der Waals surface area (Å²) in [5.74, 6) is 0. The highest BCUT2D eigenvalue weighted by atomic mass is 16.6. The first kappa shape index (κ1) is 30.4. The van der Waals surface area contributed by atoms with Gasteiger partial charge in [-0.2, -0.15) is 0 Å². The number of rotatable bonds is 11. The molecule has 0 saturated carbocycles. The molecule has 1 heterocycles. The Morgan fingerprint density at radius 3 is 1.73 bits per heavy atom. The van der Waals surface area contributed by atoms with E-state index in [1.165, 1.54) is 116 Å². The van der Waals surface area contributed by atoms with Gasteiger partial charge in [0.25, 0.3) is 0 Å². The van der Waals surface area contributed by atoms with Crippen LogP contribution in [0.4, 0.5) is 0 Å². The van der Waals surface area contributed by atoms with Crippen LogP contribution in [0.15, 0.2) is 0 Å².